The number of hydrogen-bond acceptors (Lipinski definition) is 4. The van der Waals surface area contributed by atoms with Gasteiger partial charge in [0, 0.05) is 5.56 Å². The van der Waals surface area contributed by atoms with Crippen LogP contribution in [0.5, 0.6) is 0 Å². The number of aromatic amines is 1. The number of aliphatic hydroxyl groups is 1. The van der Waals surface area contributed by atoms with Gasteiger partial charge in [0.25, 0.3) is 5.91 Å². The Kier molecular flexibility index (Phi) is 6.29. The van der Waals surface area contributed by atoms with Gasteiger partial charge in [0.15, 0.2) is 0 Å². The lowest BCUT2D eigenvalue weighted by Gasteiger charge is -2.14. The van der Waals surface area contributed by atoms with Crippen LogP contribution in [0.15, 0.2) is 30.5 Å². The fraction of sp³-hybridized carbons (Fsp3) is 0.471. The third-order valence-corrected chi connectivity index (χ3v) is 4.08. The minimum Gasteiger partial charge on any atom is -0.388 e. The van der Waals surface area contributed by atoms with Crippen molar-refractivity contribution in [2.24, 2.45) is 5.92 Å². The monoisotopic (exact) mass is 316 g/mol. The fourth-order valence-electron chi connectivity index (χ4n) is 2.25. The number of rotatable bonds is 8. The highest BCUT2D eigenvalue weighted by molar-refractivity contribution is 5.94. The van der Waals surface area contributed by atoms with Crippen LogP contribution in [0, 0.1) is 5.92 Å². The van der Waals surface area contributed by atoms with Gasteiger partial charge in [-0.15, -0.1) is 0 Å². The molecule has 2 unspecified atom stereocenters. The molecule has 1 amide bonds. The lowest BCUT2D eigenvalue weighted by atomic mass is 9.96. The van der Waals surface area contributed by atoms with E-state index in [0.717, 1.165) is 24.8 Å². The molecule has 1 aromatic carbocycles. The predicted octanol–water partition coefficient (Wildman–Crippen LogP) is 2.59. The molecule has 0 fully saturated rings. The van der Waals surface area contributed by atoms with E-state index in [2.05, 4.69) is 34.6 Å². The van der Waals surface area contributed by atoms with E-state index in [1.165, 1.54) is 0 Å². The fourth-order valence-corrected chi connectivity index (χ4v) is 2.25. The summed E-state index contributed by atoms with van der Waals surface area (Å²) in [5.41, 5.74) is 2.09. The highest BCUT2D eigenvalue weighted by Gasteiger charge is 2.11. The van der Waals surface area contributed by atoms with Crippen molar-refractivity contribution in [3.8, 4) is 0 Å². The van der Waals surface area contributed by atoms with Gasteiger partial charge in [-0.1, -0.05) is 32.4 Å². The number of amides is 1. The Morgan fingerprint density at radius 2 is 2.04 bits per heavy atom. The van der Waals surface area contributed by atoms with Crippen LogP contribution in [-0.2, 0) is 6.54 Å². The van der Waals surface area contributed by atoms with Crippen molar-refractivity contribution in [2.75, 3.05) is 0 Å². The van der Waals surface area contributed by atoms with Crippen LogP contribution in [0.2, 0.25) is 0 Å². The van der Waals surface area contributed by atoms with E-state index in [9.17, 15) is 9.90 Å². The minimum atomic E-state index is -0.476. The molecule has 23 heavy (non-hydrogen) atoms. The van der Waals surface area contributed by atoms with Crippen molar-refractivity contribution in [1.29, 1.82) is 0 Å². The molecule has 0 bridgehead atoms. The highest BCUT2D eigenvalue weighted by atomic mass is 16.3. The van der Waals surface area contributed by atoms with Gasteiger partial charge in [0.1, 0.15) is 5.69 Å². The summed E-state index contributed by atoms with van der Waals surface area (Å²) in [5.74, 6) is 0.444. The first-order chi connectivity index (χ1) is 11.1. The van der Waals surface area contributed by atoms with Crippen molar-refractivity contribution >= 4 is 5.91 Å². The van der Waals surface area contributed by atoms with Gasteiger partial charge in [-0.2, -0.15) is 15.4 Å². The van der Waals surface area contributed by atoms with E-state index < -0.39 is 6.10 Å². The standard InChI is InChI=1S/C17H24N4O2/c1-3-12(2)4-9-16(22)13-5-7-14(8-6-13)17(23)18-10-15-11-19-21-20-15/h5-8,11-12,16,22H,3-4,9-10H2,1-2H3,(H,18,23)(H,19,20,21). The summed E-state index contributed by atoms with van der Waals surface area (Å²) in [5, 5.41) is 23.0. The van der Waals surface area contributed by atoms with Crippen LogP contribution >= 0.6 is 0 Å². The molecule has 2 atom stereocenters. The topological polar surface area (TPSA) is 90.9 Å². The van der Waals surface area contributed by atoms with Gasteiger partial charge in [0.2, 0.25) is 0 Å². The molecule has 0 aliphatic rings. The van der Waals surface area contributed by atoms with Gasteiger partial charge in [-0.25, -0.2) is 0 Å². The Balaban J connectivity index is 1.86. The molecule has 3 N–H and O–H groups in total. The lowest BCUT2D eigenvalue weighted by molar-refractivity contribution is 0.0950. The molecule has 1 heterocycles. The van der Waals surface area contributed by atoms with E-state index in [4.69, 9.17) is 0 Å². The van der Waals surface area contributed by atoms with Gasteiger partial charge in [0.05, 0.1) is 18.8 Å². The largest absolute Gasteiger partial charge is 0.388 e. The quantitative estimate of drug-likeness (QED) is 0.698. The average molecular weight is 316 g/mol. The van der Waals surface area contributed by atoms with E-state index >= 15 is 0 Å². The molecule has 0 saturated carbocycles. The lowest BCUT2D eigenvalue weighted by Crippen LogP contribution is -2.23. The Labute approximate surface area is 136 Å². The molecule has 0 radical (unpaired) electrons. The number of carbonyl (C=O) groups is 1. The molecule has 2 rings (SSSR count). The zero-order valence-electron chi connectivity index (χ0n) is 13.6. The Morgan fingerprint density at radius 3 is 2.65 bits per heavy atom. The van der Waals surface area contributed by atoms with Crippen LogP contribution < -0.4 is 5.32 Å². The number of carbonyl (C=O) groups excluding carboxylic acids is 1. The smallest absolute Gasteiger partial charge is 0.251 e. The van der Waals surface area contributed by atoms with Gasteiger partial charge >= 0.3 is 0 Å². The molecular formula is C17H24N4O2. The van der Waals surface area contributed by atoms with E-state index in [-0.39, 0.29) is 5.91 Å². The zero-order valence-corrected chi connectivity index (χ0v) is 13.6. The summed E-state index contributed by atoms with van der Waals surface area (Å²) >= 11 is 0. The summed E-state index contributed by atoms with van der Waals surface area (Å²) in [7, 11) is 0. The number of H-pyrrole nitrogens is 1. The number of nitrogens with zero attached hydrogens (tertiary/aromatic N) is 2. The van der Waals surface area contributed by atoms with Crippen molar-refractivity contribution in [1.82, 2.24) is 20.7 Å². The number of aliphatic hydroxyl groups excluding tert-OH is 1. The number of hydrogen-bond donors (Lipinski definition) is 3. The minimum absolute atomic E-state index is 0.173. The first-order valence-corrected chi connectivity index (χ1v) is 8.01. The van der Waals surface area contributed by atoms with Crippen molar-refractivity contribution in [3.05, 3.63) is 47.3 Å². The number of nitrogens with one attached hydrogen (secondary N) is 2. The summed E-state index contributed by atoms with van der Waals surface area (Å²) in [6.45, 7) is 4.67. The van der Waals surface area contributed by atoms with Crippen molar-refractivity contribution in [2.45, 2.75) is 45.8 Å². The maximum Gasteiger partial charge on any atom is 0.251 e. The Bertz CT molecular complexity index is 596. The molecule has 6 heteroatoms. The summed E-state index contributed by atoms with van der Waals surface area (Å²) in [6, 6.07) is 7.10. The third kappa shape index (κ3) is 5.17. The number of aromatic nitrogens is 3. The average Bonchev–Trinajstić information content (AvgIpc) is 3.10. The first kappa shape index (κ1) is 17.1. The SMILES string of the molecule is CCC(C)CCC(O)c1ccc(C(=O)NCc2cn[nH]n2)cc1. The van der Waals surface area contributed by atoms with E-state index in [1.54, 1.807) is 18.3 Å². The first-order valence-electron chi connectivity index (χ1n) is 8.01. The molecule has 124 valence electrons. The Morgan fingerprint density at radius 1 is 1.30 bits per heavy atom. The molecule has 0 aliphatic carbocycles. The van der Waals surface area contributed by atoms with Gasteiger partial charge in [-0.05, 0) is 36.5 Å². The summed E-state index contributed by atoms with van der Waals surface area (Å²) < 4.78 is 0. The highest BCUT2D eigenvalue weighted by Crippen LogP contribution is 2.22. The molecule has 1 aromatic heterocycles. The molecular weight excluding hydrogens is 292 g/mol. The van der Waals surface area contributed by atoms with E-state index in [1.807, 2.05) is 12.1 Å². The number of benzene rings is 1. The maximum atomic E-state index is 12.0. The zero-order chi connectivity index (χ0) is 16.7. The molecule has 0 spiro atoms. The van der Waals surface area contributed by atoms with E-state index in [0.29, 0.717) is 23.7 Å². The van der Waals surface area contributed by atoms with Crippen LogP contribution in [0.3, 0.4) is 0 Å². The van der Waals surface area contributed by atoms with Crippen LogP contribution in [0.25, 0.3) is 0 Å². The predicted molar refractivity (Wildman–Crippen MR) is 87.6 cm³/mol. The third-order valence-electron chi connectivity index (χ3n) is 4.08. The van der Waals surface area contributed by atoms with Gasteiger partial charge < -0.3 is 10.4 Å². The van der Waals surface area contributed by atoms with Crippen LogP contribution in [0.4, 0.5) is 0 Å². The molecule has 0 saturated heterocycles. The summed E-state index contributed by atoms with van der Waals surface area (Å²) in [4.78, 5) is 12.0. The second-order valence-corrected chi connectivity index (χ2v) is 5.87. The van der Waals surface area contributed by atoms with Crippen LogP contribution in [0.1, 0.15) is 60.8 Å². The molecule has 0 aliphatic heterocycles. The van der Waals surface area contributed by atoms with Crippen LogP contribution in [-0.4, -0.2) is 26.4 Å². The Hall–Kier alpha value is -2.21. The summed E-state index contributed by atoms with van der Waals surface area (Å²) in [6.07, 6.45) is 3.95. The van der Waals surface area contributed by atoms with Gasteiger partial charge in [-0.3, -0.25) is 4.79 Å². The molecule has 2 aromatic rings. The second-order valence-electron chi connectivity index (χ2n) is 5.87. The molecule has 6 nitrogen and oxygen atoms in total. The van der Waals surface area contributed by atoms with Crippen molar-refractivity contribution in [3.63, 3.8) is 0 Å². The maximum absolute atomic E-state index is 12.0. The van der Waals surface area contributed by atoms with Crippen molar-refractivity contribution < 1.29 is 9.90 Å². The second kappa shape index (κ2) is 8.43. The normalized spacial score (nSPS) is 13.5.